The summed E-state index contributed by atoms with van der Waals surface area (Å²) >= 11 is 0. The van der Waals surface area contributed by atoms with E-state index in [2.05, 4.69) is 0 Å². The first-order valence-corrected chi connectivity index (χ1v) is 6.86. The lowest BCUT2D eigenvalue weighted by Gasteiger charge is -2.43. The molecule has 4 heteroatoms. The standard InChI is InChI=1S/C13H22O4/c1-2-4-11(5-3-1)13(10-14-6-7-16-13)17-9-12-8-15-12/h11-12H,1-10H2. The quantitative estimate of drug-likeness (QED) is 0.704. The van der Waals surface area contributed by atoms with Crippen LogP contribution in [-0.2, 0) is 18.9 Å². The third-order valence-electron chi connectivity index (χ3n) is 4.02. The van der Waals surface area contributed by atoms with Gasteiger partial charge in [-0.3, -0.25) is 0 Å². The second-order valence-corrected chi connectivity index (χ2v) is 5.31. The SMILES string of the molecule is C1CCC(C2(OCC3CO3)COCCO2)CC1. The Hall–Kier alpha value is -0.160. The predicted molar refractivity (Wildman–Crippen MR) is 61.8 cm³/mol. The fourth-order valence-corrected chi connectivity index (χ4v) is 2.91. The Morgan fingerprint density at radius 1 is 1.12 bits per heavy atom. The van der Waals surface area contributed by atoms with Gasteiger partial charge in [0, 0.05) is 5.92 Å². The van der Waals surface area contributed by atoms with Crippen LogP contribution in [0.5, 0.6) is 0 Å². The van der Waals surface area contributed by atoms with Crippen molar-refractivity contribution in [3.05, 3.63) is 0 Å². The molecule has 0 amide bonds. The number of hydrogen-bond donors (Lipinski definition) is 0. The van der Waals surface area contributed by atoms with E-state index in [1.807, 2.05) is 0 Å². The first kappa shape index (κ1) is 11.9. The highest BCUT2D eigenvalue weighted by atomic mass is 16.7. The van der Waals surface area contributed by atoms with Gasteiger partial charge < -0.3 is 18.9 Å². The Labute approximate surface area is 103 Å². The molecule has 3 rings (SSSR count). The van der Waals surface area contributed by atoms with E-state index < -0.39 is 5.79 Å². The van der Waals surface area contributed by atoms with Crippen molar-refractivity contribution in [1.29, 1.82) is 0 Å². The van der Waals surface area contributed by atoms with Crippen LogP contribution in [0.3, 0.4) is 0 Å². The molecule has 1 aliphatic carbocycles. The molecule has 3 fully saturated rings. The van der Waals surface area contributed by atoms with Gasteiger partial charge in [0.05, 0.1) is 26.4 Å². The van der Waals surface area contributed by atoms with Crippen LogP contribution in [-0.4, -0.2) is 44.9 Å². The molecular weight excluding hydrogens is 220 g/mol. The van der Waals surface area contributed by atoms with Gasteiger partial charge in [-0.05, 0) is 12.8 Å². The van der Waals surface area contributed by atoms with E-state index in [1.54, 1.807) is 0 Å². The second-order valence-electron chi connectivity index (χ2n) is 5.31. The Morgan fingerprint density at radius 3 is 2.59 bits per heavy atom. The fourth-order valence-electron chi connectivity index (χ4n) is 2.91. The summed E-state index contributed by atoms with van der Waals surface area (Å²) in [6, 6.07) is 0. The molecule has 0 bridgehead atoms. The fraction of sp³-hybridized carbons (Fsp3) is 1.00. The molecule has 0 aromatic rings. The van der Waals surface area contributed by atoms with E-state index >= 15 is 0 Å². The minimum Gasteiger partial charge on any atom is -0.373 e. The zero-order chi connectivity index (χ0) is 11.6. The highest BCUT2D eigenvalue weighted by Gasteiger charge is 2.44. The van der Waals surface area contributed by atoms with Gasteiger partial charge in [-0.15, -0.1) is 0 Å². The van der Waals surface area contributed by atoms with Crippen LogP contribution in [0, 0.1) is 5.92 Å². The third kappa shape index (κ3) is 2.81. The van der Waals surface area contributed by atoms with E-state index in [9.17, 15) is 0 Å². The van der Waals surface area contributed by atoms with Gasteiger partial charge in [-0.1, -0.05) is 19.3 Å². The summed E-state index contributed by atoms with van der Waals surface area (Å²) in [6.45, 7) is 3.42. The molecule has 98 valence electrons. The maximum Gasteiger partial charge on any atom is 0.194 e. The molecule has 0 radical (unpaired) electrons. The molecule has 2 atom stereocenters. The Morgan fingerprint density at radius 2 is 1.94 bits per heavy atom. The van der Waals surface area contributed by atoms with Crippen molar-refractivity contribution in [2.45, 2.75) is 44.0 Å². The maximum atomic E-state index is 6.06. The van der Waals surface area contributed by atoms with Crippen molar-refractivity contribution < 1.29 is 18.9 Å². The molecular formula is C13H22O4. The second kappa shape index (κ2) is 5.22. The van der Waals surface area contributed by atoms with Crippen molar-refractivity contribution >= 4 is 0 Å². The topological polar surface area (TPSA) is 40.2 Å². The molecule has 2 unspecified atom stereocenters. The molecule has 0 aromatic carbocycles. The Kier molecular flexibility index (Phi) is 3.66. The molecule has 2 heterocycles. The van der Waals surface area contributed by atoms with Gasteiger partial charge >= 0.3 is 0 Å². The van der Waals surface area contributed by atoms with Crippen molar-refractivity contribution in [1.82, 2.24) is 0 Å². The van der Waals surface area contributed by atoms with E-state index in [0.29, 0.717) is 38.4 Å². The predicted octanol–water partition coefficient (Wildman–Crippen LogP) is 1.73. The van der Waals surface area contributed by atoms with Crippen molar-refractivity contribution in [2.75, 3.05) is 33.0 Å². The molecule has 2 saturated heterocycles. The van der Waals surface area contributed by atoms with Gasteiger partial charge in [0.15, 0.2) is 5.79 Å². The van der Waals surface area contributed by atoms with E-state index in [4.69, 9.17) is 18.9 Å². The summed E-state index contributed by atoms with van der Waals surface area (Å²) in [6.07, 6.45) is 6.63. The van der Waals surface area contributed by atoms with Crippen molar-refractivity contribution in [2.24, 2.45) is 5.92 Å². The van der Waals surface area contributed by atoms with Crippen LogP contribution in [0.1, 0.15) is 32.1 Å². The summed E-state index contributed by atoms with van der Waals surface area (Å²) in [7, 11) is 0. The van der Waals surface area contributed by atoms with Crippen LogP contribution >= 0.6 is 0 Å². The molecule has 3 aliphatic rings. The molecule has 0 spiro atoms. The summed E-state index contributed by atoms with van der Waals surface area (Å²) in [5, 5.41) is 0. The highest BCUT2D eigenvalue weighted by molar-refractivity contribution is 4.85. The molecule has 1 saturated carbocycles. The Balaban J connectivity index is 1.64. The molecule has 4 nitrogen and oxygen atoms in total. The number of hydrogen-bond acceptors (Lipinski definition) is 4. The summed E-state index contributed by atoms with van der Waals surface area (Å²) in [5.41, 5.74) is 0. The van der Waals surface area contributed by atoms with E-state index in [-0.39, 0.29) is 0 Å². The van der Waals surface area contributed by atoms with Crippen LogP contribution in [0.25, 0.3) is 0 Å². The van der Waals surface area contributed by atoms with Crippen molar-refractivity contribution in [3.63, 3.8) is 0 Å². The number of ether oxygens (including phenoxy) is 4. The number of rotatable bonds is 4. The van der Waals surface area contributed by atoms with Gasteiger partial charge in [-0.2, -0.15) is 0 Å². The van der Waals surface area contributed by atoms with Crippen molar-refractivity contribution in [3.8, 4) is 0 Å². The lowest BCUT2D eigenvalue weighted by molar-refractivity contribution is -0.321. The average molecular weight is 242 g/mol. The van der Waals surface area contributed by atoms with Crippen LogP contribution in [0.15, 0.2) is 0 Å². The summed E-state index contributed by atoms with van der Waals surface area (Å²) < 4.78 is 22.9. The van der Waals surface area contributed by atoms with Crippen LogP contribution in [0.2, 0.25) is 0 Å². The molecule has 0 N–H and O–H groups in total. The van der Waals surface area contributed by atoms with Crippen LogP contribution < -0.4 is 0 Å². The molecule has 17 heavy (non-hydrogen) atoms. The zero-order valence-corrected chi connectivity index (χ0v) is 10.4. The lowest BCUT2D eigenvalue weighted by Crippen LogP contribution is -2.52. The first-order valence-electron chi connectivity index (χ1n) is 6.86. The minimum absolute atomic E-state index is 0.293. The molecule has 2 aliphatic heterocycles. The zero-order valence-electron chi connectivity index (χ0n) is 10.4. The smallest absolute Gasteiger partial charge is 0.194 e. The number of epoxide rings is 1. The summed E-state index contributed by atoms with van der Waals surface area (Å²) in [4.78, 5) is 0. The lowest BCUT2D eigenvalue weighted by atomic mass is 9.83. The highest BCUT2D eigenvalue weighted by Crippen LogP contribution is 2.38. The molecule has 0 aromatic heterocycles. The minimum atomic E-state index is -0.482. The maximum absolute atomic E-state index is 6.06. The third-order valence-corrected chi connectivity index (χ3v) is 4.02. The monoisotopic (exact) mass is 242 g/mol. The van der Waals surface area contributed by atoms with Crippen LogP contribution in [0.4, 0.5) is 0 Å². The first-order chi connectivity index (χ1) is 8.39. The van der Waals surface area contributed by atoms with Gasteiger partial charge in [0.25, 0.3) is 0 Å². The average Bonchev–Trinajstić information content (AvgIpc) is 3.23. The summed E-state index contributed by atoms with van der Waals surface area (Å²) in [5.74, 6) is 0.0141. The normalized spacial score (nSPS) is 39.2. The van der Waals surface area contributed by atoms with Gasteiger partial charge in [-0.25, -0.2) is 0 Å². The van der Waals surface area contributed by atoms with Gasteiger partial charge in [0.1, 0.15) is 12.7 Å². The van der Waals surface area contributed by atoms with Gasteiger partial charge in [0.2, 0.25) is 0 Å². The Bertz CT molecular complexity index is 240. The van der Waals surface area contributed by atoms with E-state index in [0.717, 1.165) is 6.61 Å². The largest absolute Gasteiger partial charge is 0.373 e. The van der Waals surface area contributed by atoms with E-state index in [1.165, 1.54) is 32.1 Å².